The monoisotopic (exact) mass is 218 g/mol. The Labute approximate surface area is 96.6 Å². The van der Waals surface area contributed by atoms with Crippen LogP contribution < -0.4 is 0 Å². The van der Waals surface area contributed by atoms with Crippen molar-refractivity contribution < 1.29 is 4.74 Å². The van der Waals surface area contributed by atoms with Gasteiger partial charge in [0.05, 0.1) is 0 Å². The van der Waals surface area contributed by atoms with E-state index in [1.807, 2.05) is 24.5 Å². The molecule has 16 heavy (non-hydrogen) atoms. The molecule has 86 valence electrons. The third kappa shape index (κ3) is 2.89. The van der Waals surface area contributed by atoms with E-state index < -0.39 is 0 Å². The molecule has 2 atom stereocenters. The Balaban J connectivity index is 1.98. The van der Waals surface area contributed by atoms with E-state index in [1.165, 1.54) is 0 Å². The van der Waals surface area contributed by atoms with Crippen LogP contribution in [0, 0.1) is 11.8 Å². The van der Waals surface area contributed by atoms with E-state index in [-0.39, 0.29) is 0 Å². The Morgan fingerprint density at radius 3 is 2.94 bits per heavy atom. The van der Waals surface area contributed by atoms with Crippen molar-refractivity contribution >= 4 is 0 Å². The zero-order valence-corrected chi connectivity index (χ0v) is 9.51. The smallest absolute Gasteiger partial charge is 0.128 e. The molecule has 0 aliphatic carbocycles. The second kappa shape index (κ2) is 5.75. The Morgan fingerprint density at radius 2 is 2.19 bits per heavy atom. The Kier molecular flexibility index (Phi) is 4.05. The fourth-order valence-electron chi connectivity index (χ4n) is 2.25. The first-order chi connectivity index (χ1) is 7.90. The van der Waals surface area contributed by atoms with Crippen molar-refractivity contribution in [3.8, 4) is 0 Å². The van der Waals surface area contributed by atoms with Gasteiger partial charge in [-0.2, -0.15) is 0 Å². The van der Waals surface area contributed by atoms with Crippen LogP contribution in [0.5, 0.6) is 0 Å². The fourth-order valence-corrected chi connectivity index (χ4v) is 2.25. The minimum absolute atomic E-state index is 0.579. The third-order valence-electron chi connectivity index (χ3n) is 3.17. The van der Waals surface area contributed by atoms with Crippen molar-refractivity contribution in [3.05, 3.63) is 36.9 Å². The summed E-state index contributed by atoms with van der Waals surface area (Å²) in [6.45, 7) is 5.53. The van der Waals surface area contributed by atoms with Gasteiger partial charge in [0, 0.05) is 32.0 Å². The van der Waals surface area contributed by atoms with Crippen LogP contribution in [-0.4, -0.2) is 23.2 Å². The van der Waals surface area contributed by atoms with Crippen LogP contribution in [0.4, 0.5) is 0 Å². The number of ether oxygens (including phenoxy) is 1. The minimum atomic E-state index is 0.579. The molecule has 0 unspecified atom stereocenters. The first-order valence-corrected chi connectivity index (χ1v) is 5.84. The van der Waals surface area contributed by atoms with Crippen LogP contribution >= 0.6 is 0 Å². The molecule has 1 fully saturated rings. The predicted molar refractivity (Wildman–Crippen MR) is 63.0 cm³/mol. The summed E-state index contributed by atoms with van der Waals surface area (Å²) >= 11 is 0. The zero-order valence-electron chi connectivity index (χ0n) is 9.51. The molecule has 0 spiro atoms. The largest absolute Gasteiger partial charge is 0.381 e. The number of hydrogen-bond acceptors (Lipinski definition) is 3. The molecule has 2 rings (SSSR count). The van der Waals surface area contributed by atoms with E-state index in [0.717, 1.165) is 38.3 Å². The summed E-state index contributed by atoms with van der Waals surface area (Å²) < 4.78 is 5.51. The Morgan fingerprint density at radius 1 is 1.38 bits per heavy atom. The number of allylic oxidation sites excluding steroid dienone is 1. The first kappa shape index (κ1) is 11.3. The number of hydrogen-bond donors (Lipinski definition) is 0. The lowest BCUT2D eigenvalue weighted by atomic mass is 9.83. The van der Waals surface area contributed by atoms with E-state index in [4.69, 9.17) is 4.74 Å². The Hall–Kier alpha value is -1.22. The van der Waals surface area contributed by atoms with Gasteiger partial charge in [-0.25, -0.2) is 9.97 Å². The quantitative estimate of drug-likeness (QED) is 0.727. The van der Waals surface area contributed by atoms with Gasteiger partial charge in [-0.05, 0) is 30.7 Å². The highest BCUT2D eigenvalue weighted by Gasteiger charge is 2.25. The highest BCUT2D eigenvalue weighted by Crippen LogP contribution is 2.27. The van der Waals surface area contributed by atoms with Crippen molar-refractivity contribution in [2.24, 2.45) is 11.8 Å². The van der Waals surface area contributed by atoms with Gasteiger partial charge in [0.25, 0.3) is 0 Å². The summed E-state index contributed by atoms with van der Waals surface area (Å²) in [5.74, 6) is 2.16. The maximum Gasteiger partial charge on any atom is 0.128 e. The standard InChI is InChI=1S/C13H18N2O/c1-2-4-12-10-16-8-5-11(12)9-13-14-6-3-7-15-13/h2-3,6-7,11-12H,1,4-5,8-10H2/t11-,12+/m1/s1. The zero-order chi connectivity index (χ0) is 11.2. The predicted octanol–water partition coefficient (Wildman–Crippen LogP) is 2.25. The van der Waals surface area contributed by atoms with E-state index in [9.17, 15) is 0 Å². The molecule has 1 aliphatic rings. The molecule has 0 amide bonds. The van der Waals surface area contributed by atoms with Gasteiger partial charge >= 0.3 is 0 Å². The molecule has 0 saturated carbocycles. The molecule has 0 aromatic carbocycles. The van der Waals surface area contributed by atoms with Gasteiger partial charge < -0.3 is 4.74 Å². The molecule has 2 heterocycles. The summed E-state index contributed by atoms with van der Waals surface area (Å²) in [6, 6.07) is 1.86. The summed E-state index contributed by atoms with van der Waals surface area (Å²) in [5, 5.41) is 0. The first-order valence-electron chi connectivity index (χ1n) is 5.84. The van der Waals surface area contributed by atoms with Gasteiger partial charge in [-0.3, -0.25) is 0 Å². The minimum Gasteiger partial charge on any atom is -0.381 e. The number of nitrogens with zero attached hydrogens (tertiary/aromatic N) is 2. The fraction of sp³-hybridized carbons (Fsp3) is 0.538. The SMILES string of the molecule is C=CC[C@H]1COCC[C@@H]1Cc1ncccn1. The summed E-state index contributed by atoms with van der Waals surface area (Å²) in [4.78, 5) is 8.58. The molecule has 1 aromatic heterocycles. The highest BCUT2D eigenvalue weighted by atomic mass is 16.5. The topological polar surface area (TPSA) is 35.0 Å². The maximum atomic E-state index is 5.51. The molecule has 0 N–H and O–H groups in total. The molecule has 3 heteroatoms. The van der Waals surface area contributed by atoms with Crippen LogP contribution in [-0.2, 0) is 11.2 Å². The van der Waals surface area contributed by atoms with Crippen LogP contribution in [0.15, 0.2) is 31.1 Å². The van der Waals surface area contributed by atoms with Gasteiger partial charge in [-0.1, -0.05) is 6.08 Å². The van der Waals surface area contributed by atoms with E-state index >= 15 is 0 Å². The summed E-state index contributed by atoms with van der Waals surface area (Å²) in [6.07, 6.45) is 8.70. The number of rotatable bonds is 4. The summed E-state index contributed by atoms with van der Waals surface area (Å²) in [5.41, 5.74) is 0. The molecule has 3 nitrogen and oxygen atoms in total. The molecular formula is C13H18N2O. The lowest BCUT2D eigenvalue weighted by Crippen LogP contribution is -2.29. The molecule has 1 aliphatic heterocycles. The van der Waals surface area contributed by atoms with Gasteiger partial charge in [-0.15, -0.1) is 6.58 Å². The average Bonchev–Trinajstić information content (AvgIpc) is 2.33. The van der Waals surface area contributed by atoms with Crippen molar-refractivity contribution in [2.75, 3.05) is 13.2 Å². The summed E-state index contributed by atoms with van der Waals surface area (Å²) in [7, 11) is 0. The average molecular weight is 218 g/mol. The Bertz CT molecular complexity index is 326. The second-order valence-corrected chi connectivity index (χ2v) is 4.28. The van der Waals surface area contributed by atoms with Crippen molar-refractivity contribution in [1.82, 2.24) is 9.97 Å². The van der Waals surface area contributed by atoms with Gasteiger partial charge in [0.15, 0.2) is 0 Å². The van der Waals surface area contributed by atoms with E-state index in [2.05, 4.69) is 16.5 Å². The van der Waals surface area contributed by atoms with Crippen molar-refractivity contribution in [2.45, 2.75) is 19.3 Å². The molecule has 1 saturated heterocycles. The number of aromatic nitrogens is 2. The lowest BCUT2D eigenvalue weighted by Gasteiger charge is -2.30. The van der Waals surface area contributed by atoms with Crippen LogP contribution in [0.3, 0.4) is 0 Å². The maximum absolute atomic E-state index is 5.51. The van der Waals surface area contributed by atoms with E-state index in [1.54, 1.807) is 0 Å². The lowest BCUT2D eigenvalue weighted by molar-refractivity contribution is 0.0176. The van der Waals surface area contributed by atoms with Gasteiger partial charge in [0.1, 0.15) is 5.82 Å². The van der Waals surface area contributed by atoms with Crippen molar-refractivity contribution in [1.29, 1.82) is 0 Å². The van der Waals surface area contributed by atoms with Crippen LogP contribution in [0.25, 0.3) is 0 Å². The van der Waals surface area contributed by atoms with Crippen LogP contribution in [0.2, 0.25) is 0 Å². The highest BCUT2D eigenvalue weighted by molar-refractivity contribution is 4.93. The molecule has 0 radical (unpaired) electrons. The third-order valence-corrected chi connectivity index (χ3v) is 3.17. The molecule has 0 bridgehead atoms. The van der Waals surface area contributed by atoms with Crippen LogP contribution in [0.1, 0.15) is 18.7 Å². The van der Waals surface area contributed by atoms with Gasteiger partial charge in [0.2, 0.25) is 0 Å². The second-order valence-electron chi connectivity index (χ2n) is 4.28. The molecule has 1 aromatic rings. The normalized spacial score (nSPS) is 25.2. The van der Waals surface area contributed by atoms with Crippen molar-refractivity contribution in [3.63, 3.8) is 0 Å². The molecular weight excluding hydrogens is 200 g/mol. The van der Waals surface area contributed by atoms with E-state index in [0.29, 0.717) is 11.8 Å².